The summed E-state index contributed by atoms with van der Waals surface area (Å²) in [4.78, 5) is 12.4. The lowest BCUT2D eigenvalue weighted by atomic mass is 9.96. The second-order valence-electron chi connectivity index (χ2n) is 6.71. The highest BCUT2D eigenvalue weighted by molar-refractivity contribution is 5.90. The third kappa shape index (κ3) is 3.28. The van der Waals surface area contributed by atoms with Crippen LogP contribution in [0.3, 0.4) is 0 Å². The van der Waals surface area contributed by atoms with Crippen molar-refractivity contribution in [3.8, 4) is 5.69 Å². The van der Waals surface area contributed by atoms with Gasteiger partial charge in [0.05, 0.1) is 5.69 Å². The fourth-order valence-corrected chi connectivity index (χ4v) is 3.09. The molecule has 0 saturated heterocycles. The summed E-state index contributed by atoms with van der Waals surface area (Å²) in [7, 11) is 0. The van der Waals surface area contributed by atoms with Gasteiger partial charge in [0.25, 0.3) is 0 Å². The first-order valence-electron chi connectivity index (χ1n) is 8.61. The summed E-state index contributed by atoms with van der Waals surface area (Å²) in [6.07, 6.45) is 3.72. The highest BCUT2D eigenvalue weighted by atomic mass is 16.2. The smallest absolute Gasteiger partial charge is 0.319 e. The van der Waals surface area contributed by atoms with Crippen molar-refractivity contribution in [2.24, 2.45) is 0 Å². The van der Waals surface area contributed by atoms with Crippen molar-refractivity contribution >= 4 is 11.7 Å². The van der Waals surface area contributed by atoms with Gasteiger partial charge >= 0.3 is 6.03 Å². The summed E-state index contributed by atoms with van der Waals surface area (Å²) in [5.41, 5.74) is 3.87. The fourth-order valence-electron chi connectivity index (χ4n) is 3.09. The van der Waals surface area contributed by atoms with E-state index in [1.54, 1.807) is 4.68 Å². The SMILES string of the molecule is Cc1ccc(-n2cnnn2)cc1NC(=O)NCC1(c2ccccc2)CC1. The van der Waals surface area contributed by atoms with Gasteiger partial charge in [0.2, 0.25) is 0 Å². The zero-order chi connectivity index (χ0) is 18.0. The lowest BCUT2D eigenvalue weighted by Crippen LogP contribution is -2.35. The van der Waals surface area contributed by atoms with Crippen LogP contribution >= 0.6 is 0 Å². The maximum Gasteiger partial charge on any atom is 0.319 e. The summed E-state index contributed by atoms with van der Waals surface area (Å²) in [5, 5.41) is 17.1. The van der Waals surface area contributed by atoms with Crippen LogP contribution in [0.15, 0.2) is 54.9 Å². The van der Waals surface area contributed by atoms with Crippen LogP contribution in [0.1, 0.15) is 24.0 Å². The quantitative estimate of drug-likeness (QED) is 0.742. The number of hydrogen-bond acceptors (Lipinski definition) is 4. The number of carbonyl (C=O) groups excluding carboxylic acids is 1. The van der Waals surface area contributed by atoms with E-state index in [4.69, 9.17) is 0 Å². The number of nitrogens with one attached hydrogen (secondary N) is 2. The second-order valence-corrected chi connectivity index (χ2v) is 6.71. The van der Waals surface area contributed by atoms with Crippen LogP contribution in [0, 0.1) is 6.92 Å². The van der Waals surface area contributed by atoms with Gasteiger partial charge in [-0.1, -0.05) is 36.4 Å². The number of aryl methyl sites for hydroxylation is 1. The van der Waals surface area contributed by atoms with Crippen molar-refractivity contribution in [1.82, 2.24) is 25.5 Å². The molecule has 0 atom stereocenters. The molecule has 132 valence electrons. The molecule has 1 saturated carbocycles. The van der Waals surface area contributed by atoms with E-state index in [9.17, 15) is 4.79 Å². The Morgan fingerprint density at radius 1 is 1.19 bits per heavy atom. The number of aromatic nitrogens is 4. The van der Waals surface area contributed by atoms with Crippen molar-refractivity contribution in [2.75, 3.05) is 11.9 Å². The van der Waals surface area contributed by atoms with Crippen LogP contribution < -0.4 is 10.6 Å². The van der Waals surface area contributed by atoms with E-state index in [2.05, 4.69) is 38.3 Å². The van der Waals surface area contributed by atoms with E-state index in [1.165, 1.54) is 11.9 Å². The Morgan fingerprint density at radius 2 is 2.00 bits per heavy atom. The van der Waals surface area contributed by atoms with Crippen LogP contribution in [-0.2, 0) is 5.41 Å². The Bertz CT molecular complexity index is 903. The van der Waals surface area contributed by atoms with Gasteiger partial charge in [-0.15, -0.1) is 5.10 Å². The van der Waals surface area contributed by atoms with E-state index in [1.807, 2.05) is 43.3 Å². The summed E-state index contributed by atoms with van der Waals surface area (Å²) in [6, 6.07) is 15.9. The van der Waals surface area contributed by atoms with Gasteiger partial charge in [0.1, 0.15) is 6.33 Å². The third-order valence-electron chi connectivity index (χ3n) is 4.91. The van der Waals surface area contributed by atoms with Crippen LogP contribution in [0.5, 0.6) is 0 Å². The largest absolute Gasteiger partial charge is 0.337 e. The molecule has 0 spiro atoms. The van der Waals surface area contributed by atoms with Gasteiger partial charge in [-0.3, -0.25) is 0 Å². The number of rotatable bonds is 5. The van der Waals surface area contributed by atoms with E-state index in [0.717, 1.165) is 29.8 Å². The molecular formula is C19H20N6O. The topological polar surface area (TPSA) is 84.7 Å². The average molecular weight is 348 g/mol. The minimum Gasteiger partial charge on any atom is -0.337 e. The first-order chi connectivity index (χ1) is 12.7. The molecule has 0 aliphatic heterocycles. The van der Waals surface area contributed by atoms with Crippen LogP contribution in [0.4, 0.5) is 10.5 Å². The maximum absolute atomic E-state index is 12.4. The molecule has 7 nitrogen and oxygen atoms in total. The molecule has 4 rings (SSSR count). The fraction of sp³-hybridized carbons (Fsp3) is 0.263. The highest BCUT2D eigenvalue weighted by Gasteiger charge is 2.44. The molecular weight excluding hydrogens is 328 g/mol. The number of anilines is 1. The van der Waals surface area contributed by atoms with Crippen LogP contribution in [0.2, 0.25) is 0 Å². The van der Waals surface area contributed by atoms with Gasteiger partial charge in [-0.05, 0) is 53.5 Å². The molecule has 1 aliphatic rings. The first-order valence-corrected chi connectivity index (χ1v) is 8.61. The number of nitrogens with zero attached hydrogens (tertiary/aromatic N) is 4. The Balaban J connectivity index is 1.42. The number of carbonyl (C=O) groups is 1. The number of amides is 2. The average Bonchev–Trinajstić information content (AvgIpc) is 3.26. The highest BCUT2D eigenvalue weighted by Crippen LogP contribution is 2.47. The Labute approximate surface area is 151 Å². The summed E-state index contributed by atoms with van der Waals surface area (Å²) < 4.78 is 1.55. The molecule has 2 aromatic carbocycles. The predicted octanol–water partition coefficient (Wildman–Crippen LogP) is 2.82. The molecule has 7 heteroatoms. The first kappa shape index (κ1) is 16.3. The zero-order valence-electron chi connectivity index (χ0n) is 14.5. The number of tetrazole rings is 1. The summed E-state index contributed by atoms with van der Waals surface area (Å²) in [6.45, 7) is 2.58. The van der Waals surface area contributed by atoms with Crippen molar-refractivity contribution in [3.63, 3.8) is 0 Å². The molecule has 0 unspecified atom stereocenters. The Kier molecular flexibility index (Phi) is 4.12. The normalized spacial score (nSPS) is 14.7. The molecule has 1 fully saturated rings. The Hall–Kier alpha value is -3.22. The molecule has 0 bridgehead atoms. The van der Waals surface area contributed by atoms with E-state index in [-0.39, 0.29) is 11.4 Å². The molecule has 2 N–H and O–H groups in total. The molecule has 2 amide bonds. The third-order valence-corrected chi connectivity index (χ3v) is 4.91. The molecule has 1 heterocycles. The van der Waals surface area contributed by atoms with Crippen molar-refractivity contribution in [1.29, 1.82) is 0 Å². The minimum absolute atomic E-state index is 0.0852. The zero-order valence-corrected chi connectivity index (χ0v) is 14.5. The lowest BCUT2D eigenvalue weighted by Gasteiger charge is -2.17. The van der Waals surface area contributed by atoms with Crippen LogP contribution in [0.25, 0.3) is 5.69 Å². The van der Waals surface area contributed by atoms with E-state index >= 15 is 0 Å². The standard InChI is InChI=1S/C19H20N6O/c1-14-7-8-16(25-13-21-23-24-25)11-17(14)22-18(26)20-12-19(9-10-19)15-5-3-2-4-6-15/h2-8,11,13H,9-10,12H2,1H3,(H2,20,22,26). The van der Waals surface area contributed by atoms with E-state index < -0.39 is 0 Å². The number of hydrogen-bond donors (Lipinski definition) is 2. The second kappa shape index (κ2) is 6.59. The Morgan fingerprint density at radius 3 is 2.69 bits per heavy atom. The monoisotopic (exact) mass is 348 g/mol. The van der Waals surface area contributed by atoms with Gasteiger partial charge in [-0.2, -0.15) is 0 Å². The molecule has 1 aliphatic carbocycles. The number of urea groups is 1. The van der Waals surface area contributed by atoms with Crippen molar-refractivity contribution < 1.29 is 4.79 Å². The van der Waals surface area contributed by atoms with Crippen LogP contribution in [-0.4, -0.2) is 32.8 Å². The molecule has 3 aromatic rings. The summed E-state index contributed by atoms with van der Waals surface area (Å²) >= 11 is 0. The van der Waals surface area contributed by atoms with Gasteiger partial charge in [0, 0.05) is 17.6 Å². The van der Waals surface area contributed by atoms with Gasteiger partial charge in [-0.25, -0.2) is 9.48 Å². The van der Waals surface area contributed by atoms with Gasteiger partial charge < -0.3 is 10.6 Å². The van der Waals surface area contributed by atoms with Crippen molar-refractivity contribution in [2.45, 2.75) is 25.2 Å². The maximum atomic E-state index is 12.4. The molecule has 26 heavy (non-hydrogen) atoms. The lowest BCUT2D eigenvalue weighted by molar-refractivity contribution is 0.251. The summed E-state index contributed by atoms with van der Waals surface area (Å²) in [5.74, 6) is 0. The molecule has 0 radical (unpaired) electrons. The van der Waals surface area contributed by atoms with E-state index in [0.29, 0.717) is 6.54 Å². The minimum atomic E-state index is -0.204. The van der Waals surface area contributed by atoms with Gasteiger partial charge in [0.15, 0.2) is 0 Å². The molecule has 1 aromatic heterocycles. The predicted molar refractivity (Wildman–Crippen MR) is 98.3 cm³/mol. The van der Waals surface area contributed by atoms with Crippen molar-refractivity contribution in [3.05, 3.63) is 66.0 Å². The number of benzene rings is 2.